The standard InChI is InChI=1S/C16H32N2/c1-13(2)18-10-8-14(12-18)11-17-15-7-5-6-9-16(15,3)4/h13-15,17H,5-12H2,1-4H3. The van der Waals surface area contributed by atoms with Gasteiger partial charge < -0.3 is 10.2 Å². The van der Waals surface area contributed by atoms with E-state index in [2.05, 4.69) is 37.9 Å². The van der Waals surface area contributed by atoms with Crippen molar-refractivity contribution in [2.24, 2.45) is 11.3 Å². The van der Waals surface area contributed by atoms with Crippen LogP contribution in [0.4, 0.5) is 0 Å². The number of hydrogen-bond acceptors (Lipinski definition) is 2. The predicted octanol–water partition coefficient (Wildman–Crippen LogP) is 3.28. The van der Waals surface area contributed by atoms with E-state index in [4.69, 9.17) is 0 Å². The second-order valence-corrected chi connectivity index (χ2v) is 7.44. The number of hydrogen-bond donors (Lipinski definition) is 1. The van der Waals surface area contributed by atoms with Crippen molar-refractivity contribution in [3.8, 4) is 0 Å². The van der Waals surface area contributed by atoms with Crippen LogP contribution in [-0.2, 0) is 0 Å². The highest BCUT2D eigenvalue weighted by Crippen LogP contribution is 2.35. The maximum Gasteiger partial charge on any atom is 0.0118 e. The van der Waals surface area contributed by atoms with E-state index in [0.29, 0.717) is 5.41 Å². The van der Waals surface area contributed by atoms with Crippen molar-refractivity contribution < 1.29 is 0 Å². The molecule has 1 saturated heterocycles. The van der Waals surface area contributed by atoms with Gasteiger partial charge in [0.25, 0.3) is 0 Å². The van der Waals surface area contributed by atoms with Gasteiger partial charge >= 0.3 is 0 Å². The van der Waals surface area contributed by atoms with Crippen molar-refractivity contribution in [2.75, 3.05) is 19.6 Å². The molecule has 2 rings (SSSR count). The Balaban J connectivity index is 1.75. The van der Waals surface area contributed by atoms with Gasteiger partial charge in [0, 0.05) is 18.6 Å². The summed E-state index contributed by atoms with van der Waals surface area (Å²) in [5, 5.41) is 3.89. The highest BCUT2D eigenvalue weighted by molar-refractivity contribution is 4.89. The fourth-order valence-corrected chi connectivity index (χ4v) is 3.68. The molecule has 0 radical (unpaired) electrons. The van der Waals surface area contributed by atoms with Crippen LogP contribution < -0.4 is 5.32 Å². The normalized spacial score (nSPS) is 33.2. The molecule has 1 N–H and O–H groups in total. The minimum atomic E-state index is 0.509. The molecule has 1 heterocycles. The van der Waals surface area contributed by atoms with Crippen LogP contribution >= 0.6 is 0 Å². The molecule has 0 bridgehead atoms. The first-order valence-electron chi connectivity index (χ1n) is 7.96. The summed E-state index contributed by atoms with van der Waals surface area (Å²) in [6.07, 6.45) is 7.01. The summed E-state index contributed by atoms with van der Waals surface area (Å²) in [6.45, 7) is 13.4. The Bertz CT molecular complexity index is 260. The summed E-state index contributed by atoms with van der Waals surface area (Å²) in [6, 6.07) is 1.47. The molecule has 0 spiro atoms. The van der Waals surface area contributed by atoms with Crippen LogP contribution in [0.1, 0.15) is 59.8 Å². The molecule has 2 heteroatoms. The zero-order valence-corrected chi connectivity index (χ0v) is 12.8. The van der Waals surface area contributed by atoms with E-state index in [1.807, 2.05) is 0 Å². The second kappa shape index (κ2) is 5.92. The van der Waals surface area contributed by atoms with Gasteiger partial charge in [0.05, 0.1) is 0 Å². The lowest BCUT2D eigenvalue weighted by Crippen LogP contribution is -2.46. The highest BCUT2D eigenvalue weighted by atomic mass is 15.2. The van der Waals surface area contributed by atoms with E-state index in [1.165, 1.54) is 51.7 Å². The summed E-state index contributed by atoms with van der Waals surface area (Å²) in [7, 11) is 0. The molecule has 1 saturated carbocycles. The van der Waals surface area contributed by atoms with Crippen LogP contribution in [0.25, 0.3) is 0 Å². The van der Waals surface area contributed by atoms with E-state index in [9.17, 15) is 0 Å². The lowest BCUT2D eigenvalue weighted by atomic mass is 9.73. The van der Waals surface area contributed by atoms with Gasteiger partial charge in [0.15, 0.2) is 0 Å². The van der Waals surface area contributed by atoms with E-state index in [1.54, 1.807) is 0 Å². The molecular weight excluding hydrogens is 220 g/mol. The minimum Gasteiger partial charge on any atom is -0.313 e. The summed E-state index contributed by atoms with van der Waals surface area (Å²) in [5.74, 6) is 0.880. The van der Waals surface area contributed by atoms with Gasteiger partial charge in [-0.3, -0.25) is 0 Å². The van der Waals surface area contributed by atoms with Gasteiger partial charge in [-0.25, -0.2) is 0 Å². The van der Waals surface area contributed by atoms with Gasteiger partial charge in [0.1, 0.15) is 0 Å². The maximum atomic E-state index is 3.89. The zero-order chi connectivity index (χ0) is 13.2. The summed E-state index contributed by atoms with van der Waals surface area (Å²) in [4.78, 5) is 2.62. The summed E-state index contributed by atoms with van der Waals surface area (Å²) >= 11 is 0. The number of nitrogens with one attached hydrogen (secondary N) is 1. The van der Waals surface area contributed by atoms with Crippen LogP contribution in [0.5, 0.6) is 0 Å². The Kier molecular flexibility index (Phi) is 4.71. The molecule has 2 atom stereocenters. The van der Waals surface area contributed by atoms with Gasteiger partial charge in [0.2, 0.25) is 0 Å². The molecule has 0 aromatic heterocycles. The second-order valence-electron chi connectivity index (χ2n) is 7.44. The highest BCUT2D eigenvalue weighted by Gasteiger charge is 2.33. The molecule has 18 heavy (non-hydrogen) atoms. The van der Waals surface area contributed by atoms with Crippen LogP contribution in [-0.4, -0.2) is 36.6 Å². The number of likely N-dealkylation sites (tertiary alicyclic amines) is 1. The molecular formula is C16H32N2. The maximum absolute atomic E-state index is 3.89. The largest absolute Gasteiger partial charge is 0.313 e. The first kappa shape index (κ1) is 14.3. The Labute approximate surface area is 114 Å². The molecule has 2 unspecified atom stereocenters. The third-order valence-electron chi connectivity index (χ3n) is 5.21. The smallest absolute Gasteiger partial charge is 0.0118 e. The summed E-state index contributed by atoms with van der Waals surface area (Å²) < 4.78 is 0. The fraction of sp³-hybridized carbons (Fsp3) is 1.00. The lowest BCUT2D eigenvalue weighted by molar-refractivity contribution is 0.162. The van der Waals surface area contributed by atoms with Crippen molar-refractivity contribution >= 4 is 0 Å². The lowest BCUT2D eigenvalue weighted by Gasteiger charge is -2.39. The quantitative estimate of drug-likeness (QED) is 0.826. The van der Waals surface area contributed by atoms with Crippen molar-refractivity contribution in [1.82, 2.24) is 10.2 Å². The van der Waals surface area contributed by atoms with Gasteiger partial charge in [-0.1, -0.05) is 26.7 Å². The molecule has 0 aromatic rings. The van der Waals surface area contributed by atoms with Gasteiger partial charge in [-0.2, -0.15) is 0 Å². The number of nitrogens with zero attached hydrogens (tertiary/aromatic N) is 1. The van der Waals surface area contributed by atoms with E-state index in [0.717, 1.165) is 18.0 Å². The van der Waals surface area contributed by atoms with Crippen LogP contribution in [0.2, 0.25) is 0 Å². The topological polar surface area (TPSA) is 15.3 Å². The first-order chi connectivity index (χ1) is 8.49. The van der Waals surface area contributed by atoms with E-state index < -0.39 is 0 Å². The molecule has 2 fully saturated rings. The Morgan fingerprint density at radius 3 is 2.61 bits per heavy atom. The number of rotatable bonds is 4. The van der Waals surface area contributed by atoms with Crippen LogP contribution in [0, 0.1) is 11.3 Å². The molecule has 0 aromatic carbocycles. The minimum absolute atomic E-state index is 0.509. The van der Waals surface area contributed by atoms with Crippen LogP contribution in [0.3, 0.4) is 0 Å². The molecule has 2 aliphatic rings. The Morgan fingerprint density at radius 2 is 2.00 bits per heavy atom. The monoisotopic (exact) mass is 252 g/mol. The molecule has 0 amide bonds. The SMILES string of the molecule is CC(C)N1CCC(CNC2CCCCC2(C)C)C1. The van der Waals surface area contributed by atoms with Crippen molar-refractivity contribution in [1.29, 1.82) is 0 Å². The first-order valence-corrected chi connectivity index (χ1v) is 7.96. The molecule has 2 nitrogen and oxygen atoms in total. The van der Waals surface area contributed by atoms with Crippen molar-refractivity contribution in [2.45, 2.75) is 71.9 Å². The third kappa shape index (κ3) is 3.48. The van der Waals surface area contributed by atoms with Crippen LogP contribution in [0.15, 0.2) is 0 Å². The molecule has 1 aliphatic carbocycles. The average Bonchev–Trinajstić information content (AvgIpc) is 2.76. The third-order valence-corrected chi connectivity index (χ3v) is 5.21. The molecule has 106 valence electrons. The predicted molar refractivity (Wildman–Crippen MR) is 78.9 cm³/mol. The Hall–Kier alpha value is -0.0800. The molecule has 1 aliphatic heterocycles. The van der Waals surface area contributed by atoms with E-state index >= 15 is 0 Å². The van der Waals surface area contributed by atoms with Crippen molar-refractivity contribution in [3.05, 3.63) is 0 Å². The fourth-order valence-electron chi connectivity index (χ4n) is 3.68. The average molecular weight is 252 g/mol. The zero-order valence-electron chi connectivity index (χ0n) is 12.8. The van der Waals surface area contributed by atoms with E-state index in [-0.39, 0.29) is 0 Å². The van der Waals surface area contributed by atoms with Crippen molar-refractivity contribution in [3.63, 3.8) is 0 Å². The Morgan fingerprint density at radius 1 is 1.22 bits per heavy atom. The summed E-state index contributed by atoms with van der Waals surface area (Å²) in [5.41, 5.74) is 0.509. The van der Waals surface area contributed by atoms with Gasteiger partial charge in [-0.15, -0.1) is 0 Å². The van der Waals surface area contributed by atoms with Gasteiger partial charge in [-0.05, 0) is 57.5 Å².